The van der Waals surface area contributed by atoms with Crippen LogP contribution in [0.15, 0.2) is 83.0 Å². The molecule has 3 aliphatic rings. The summed E-state index contributed by atoms with van der Waals surface area (Å²) in [5.74, 6) is -1.92. The third-order valence-electron chi connectivity index (χ3n) is 14.4. The first-order valence-corrected chi connectivity index (χ1v) is 26.6. The van der Waals surface area contributed by atoms with Crippen molar-refractivity contribution in [2.75, 3.05) is 61.3 Å². The number of carbonyl (C=O) groups excluding carboxylic acids is 8. The van der Waals surface area contributed by atoms with Gasteiger partial charge in [0.05, 0.1) is 39.8 Å². The predicted molar refractivity (Wildman–Crippen MR) is 289 cm³/mol. The van der Waals surface area contributed by atoms with E-state index in [9.17, 15) is 38.4 Å². The molecule has 2 saturated heterocycles. The molecule has 3 aliphatic heterocycles. The van der Waals surface area contributed by atoms with Gasteiger partial charge >= 0.3 is 5.97 Å². The molecule has 3 heterocycles. The Balaban J connectivity index is 0.894. The number of fused-ring (bicyclic) bond motifs is 1. The lowest BCUT2D eigenvalue weighted by molar-refractivity contribution is -0.164. The van der Waals surface area contributed by atoms with E-state index < -0.39 is 65.6 Å². The number of benzene rings is 4. The molecular weight excluding hydrogens is 1030 g/mol. The third-order valence-corrected chi connectivity index (χ3v) is 14.4. The second-order valence-corrected chi connectivity index (χ2v) is 20.0. The Morgan fingerprint density at radius 1 is 0.775 bits per heavy atom. The van der Waals surface area contributed by atoms with E-state index in [1.165, 1.54) is 24.0 Å². The van der Waals surface area contributed by atoms with E-state index in [2.05, 4.69) is 26.2 Å². The minimum Gasteiger partial charge on any atom is -0.493 e. The summed E-state index contributed by atoms with van der Waals surface area (Å²) in [6.07, 6.45) is 2.90. The molecule has 22 heteroatoms. The Hall–Kier alpha value is -8.56. The van der Waals surface area contributed by atoms with Crippen LogP contribution in [0.4, 0.5) is 11.4 Å². The molecule has 3 atom stereocenters. The summed E-state index contributed by atoms with van der Waals surface area (Å²) in [7, 11) is 5.92. The number of carbonyl (C=O) groups is 8. The standard InChI is InChI=1S/C58H69N7O15/c1-8-58(2,3)53(69)56(72)64-27-10-9-18-43(64)57(73)80-44(22-19-35-20-23-45(74-4)46(28-35)75-5)36-14-11-15-38(29-36)78-33-50(67)59-25-13-26-60-51(68)34-79-52-47(76-6)30-37(31-48(52)77-7)62-63-41-17-12-16-39-40(41)32-65(55(39)71)42-21-24-49(66)61-54(42)70/h11-12,14-17,20,23,28-31,42-44H,8-10,13,18-19,21-22,24-27,32-34H2,1-7H3,(H,59,67)(H,60,68)(H,61,66,70)/b63-62-/t42?,43-,44+/m0/s1. The minimum atomic E-state index is -0.935. The number of piperidine rings is 2. The molecule has 0 spiro atoms. The molecule has 0 aromatic heterocycles. The van der Waals surface area contributed by atoms with Crippen molar-refractivity contribution in [2.24, 2.45) is 15.6 Å². The molecule has 0 radical (unpaired) electrons. The third kappa shape index (κ3) is 14.6. The van der Waals surface area contributed by atoms with Crippen molar-refractivity contribution < 1.29 is 71.5 Å². The number of likely N-dealkylation sites (tertiary alicyclic amines) is 1. The largest absolute Gasteiger partial charge is 0.493 e. The number of nitrogens with one attached hydrogen (secondary N) is 3. The van der Waals surface area contributed by atoms with Crippen LogP contribution in [0, 0.1) is 5.41 Å². The molecule has 7 rings (SSSR count). The van der Waals surface area contributed by atoms with Gasteiger partial charge in [-0.1, -0.05) is 45.0 Å². The first-order chi connectivity index (χ1) is 38.5. The van der Waals surface area contributed by atoms with Crippen molar-refractivity contribution in [3.63, 3.8) is 0 Å². The Morgan fingerprint density at radius 3 is 2.14 bits per heavy atom. The van der Waals surface area contributed by atoms with Gasteiger partial charge in [-0.05, 0) is 98.9 Å². The Kier molecular flexibility index (Phi) is 20.2. The maximum absolute atomic E-state index is 14.1. The van der Waals surface area contributed by atoms with Crippen LogP contribution in [0.1, 0.15) is 105 Å². The maximum atomic E-state index is 14.1. The van der Waals surface area contributed by atoms with Gasteiger partial charge in [-0.25, -0.2) is 4.79 Å². The van der Waals surface area contributed by atoms with Gasteiger partial charge in [0.1, 0.15) is 23.9 Å². The average Bonchev–Trinajstić information content (AvgIpc) is 3.91. The topological polar surface area (TPSA) is 268 Å². The highest BCUT2D eigenvalue weighted by Crippen LogP contribution is 2.42. The second-order valence-electron chi connectivity index (χ2n) is 20.0. The Bertz CT molecular complexity index is 2970. The van der Waals surface area contributed by atoms with Crippen molar-refractivity contribution in [1.82, 2.24) is 25.8 Å². The fraction of sp³-hybridized carbons (Fsp3) is 0.448. The number of ketones is 1. The van der Waals surface area contributed by atoms with Gasteiger partial charge in [0.25, 0.3) is 23.6 Å². The van der Waals surface area contributed by atoms with E-state index in [0.717, 1.165) is 5.56 Å². The zero-order valence-corrected chi connectivity index (χ0v) is 46.2. The lowest BCUT2D eigenvalue weighted by Gasteiger charge is -2.36. The molecule has 1 unspecified atom stereocenters. The summed E-state index contributed by atoms with van der Waals surface area (Å²) in [4.78, 5) is 107. The first-order valence-electron chi connectivity index (χ1n) is 26.6. The highest BCUT2D eigenvalue weighted by molar-refractivity contribution is 6.38. The van der Waals surface area contributed by atoms with E-state index >= 15 is 0 Å². The SMILES string of the molecule is CCC(C)(C)C(=O)C(=O)N1CCCC[C@H]1C(=O)O[C@H](CCc1ccc(OC)c(OC)c1)c1cccc(OCC(=O)NCCCNC(=O)COc2c(OC)cc(/N=N\c3cccc4c3CN(C3CCC(=O)NC3=O)C4=O)cc2OC)c1. The number of esters is 1. The number of rotatable bonds is 26. The zero-order valence-electron chi connectivity index (χ0n) is 46.2. The van der Waals surface area contributed by atoms with Gasteiger partial charge in [-0.2, -0.15) is 10.2 Å². The number of aryl methyl sites for hydroxylation is 1. The lowest BCUT2D eigenvalue weighted by Crippen LogP contribution is -2.53. The molecule has 2 fully saturated rings. The highest BCUT2D eigenvalue weighted by atomic mass is 16.6. The minimum absolute atomic E-state index is 0.117. The normalized spacial score (nSPS) is 16.5. The zero-order chi connectivity index (χ0) is 57.5. The van der Waals surface area contributed by atoms with Gasteiger partial charge in [-0.3, -0.25) is 38.9 Å². The molecule has 4 aromatic carbocycles. The summed E-state index contributed by atoms with van der Waals surface area (Å²) in [6, 6.07) is 18.8. The summed E-state index contributed by atoms with van der Waals surface area (Å²) in [5.41, 5.74) is 2.31. The van der Waals surface area contributed by atoms with Gasteiger partial charge < -0.3 is 53.6 Å². The van der Waals surface area contributed by atoms with Crippen LogP contribution < -0.4 is 44.4 Å². The number of ether oxygens (including phenoxy) is 7. The van der Waals surface area contributed by atoms with E-state index in [1.807, 2.05) is 19.1 Å². The molecule has 3 N–H and O–H groups in total. The van der Waals surface area contributed by atoms with E-state index in [1.54, 1.807) is 88.7 Å². The molecular formula is C58H69N7O15. The number of methoxy groups -OCH3 is 4. The molecule has 0 saturated carbocycles. The Labute approximate surface area is 464 Å². The number of Topliss-reactive ketones (excluding diaryl/α,β-unsaturated/α-hetero) is 1. The van der Waals surface area contributed by atoms with Crippen molar-refractivity contribution in [3.8, 4) is 34.5 Å². The van der Waals surface area contributed by atoms with Crippen LogP contribution in [-0.2, 0) is 51.3 Å². The molecule has 22 nitrogen and oxygen atoms in total. The smallest absolute Gasteiger partial charge is 0.329 e. The van der Waals surface area contributed by atoms with Crippen molar-refractivity contribution >= 4 is 58.6 Å². The summed E-state index contributed by atoms with van der Waals surface area (Å²) >= 11 is 0. The van der Waals surface area contributed by atoms with E-state index in [0.29, 0.717) is 90.3 Å². The van der Waals surface area contributed by atoms with Crippen molar-refractivity contribution in [2.45, 2.75) is 103 Å². The Morgan fingerprint density at radius 2 is 1.46 bits per heavy atom. The first kappa shape index (κ1) is 59.1. The molecule has 6 amide bonds. The monoisotopic (exact) mass is 1100 g/mol. The molecule has 0 aliphatic carbocycles. The summed E-state index contributed by atoms with van der Waals surface area (Å²) in [6.45, 7) is 5.38. The van der Waals surface area contributed by atoms with Crippen molar-refractivity contribution in [3.05, 3.63) is 95.1 Å². The van der Waals surface area contributed by atoms with E-state index in [4.69, 9.17) is 33.2 Å². The van der Waals surface area contributed by atoms with Gasteiger partial charge in [0.15, 0.2) is 36.2 Å². The van der Waals surface area contributed by atoms with Crippen LogP contribution >= 0.6 is 0 Å². The highest BCUT2D eigenvalue weighted by Gasteiger charge is 2.42. The fourth-order valence-electron chi connectivity index (χ4n) is 9.42. The van der Waals surface area contributed by atoms with Crippen molar-refractivity contribution in [1.29, 1.82) is 0 Å². The van der Waals surface area contributed by atoms with Gasteiger partial charge in [0, 0.05) is 61.3 Å². The number of azo groups is 1. The molecule has 4 aromatic rings. The van der Waals surface area contributed by atoms with Crippen LogP contribution in [0.3, 0.4) is 0 Å². The lowest BCUT2D eigenvalue weighted by atomic mass is 9.84. The molecule has 0 bridgehead atoms. The number of imide groups is 1. The number of hydrogen-bond donors (Lipinski definition) is 3. The predicted octanol–water partition coefficient (Wildman–Crippen LogP) is 6.58. The van der Waals surface area contributed by atoms with Gasteiger partial charge in [-0.15, -0.1) is 0 Å². The quantitative estimate of drug-likeness (QED) is 0.0197. The summed E-state index contributed by atoms with van der Waals surface area (Å²) < 4.78 is 40.0. The van der Waals surface area contributed by atoms with Crippen LogP contribution in [0.2, 0.25) is 0 Å². The fourth-order valence-corrected chi connectivity index (χ4v) is 9.42. The maximum Gasteiger partial charge on any atom is 0.329 e. The second kappa shape index (κ2) is 27.3. The average molecular weight is 1100 g/mol. The number of nitrogens with zero attached hydrogens (tertiary/aromatic N) is 4. The number of amides is 6. The molecule has 80 heavy (non-hydrogen) atoms. The van der Waals surface area contributed by atoms with Crippen LogP contribution in [0.5, 0.6) is 34.5 Å². The van der Waals surface area contributed by atoms with E-state index in [-0.39, 0.29) is 74.7 Å². The van der Waals surface area contributed by atoms with Gasteiger partial charge in [0.2, 0.25) is 23.3 Å². The van der Waals surface area contributed by atoms with Crippen LogP contribution in [0.25, 0.3) is 0 Å². The van der Waals surface area contributed by atoms with Crippen LogP contribution in [-0.4, -0.2) is 130 Å². The number of hydrogen-bond acceptors (Lipinski definition) is 17. The summed E-state index contributed by atoms with van der Waals surface area (Å²) in [5, 5.41) is 16.6. The molecule has 426 valence electrons.